The van der Waals surface area contributed by atoms with Gasteiger partial charge in [0.1, 0.15) is 5.75 Å². The van der Waals surface area contributed by atoms with Gasteiger partial charge in [-0.05, 0) is 36.2 Å². The quantitative estimate of drug-likeness (QED) is 0.228. The van der Waals surface area contributed by atoms with Crippen molar-refractivity contribution in [3.8, 4) is 5.75 Å². The molecule has 0 fully saturated rings. The Morgan fingerprint density at radius 2 is 1.87 bits per heavy atom. The molecule has 0 atom stereocenters. The number of methoxy groups -OCH3 is 2. The first-order valence-electron chi connectivity index (χ1n) is 9.77. The van der Waals surface area contributed by atoms with Crippen molar-refractivity contribution >= 4 is 34.4 Å². The second-order valence-corrected chi connectivity index (χ2v) is 8.31. The number of carbonyl (C=O) groups excluding carboxylic acids is 2. The lowest BCUT2D eigenvalue weighted by Crippen LogP contribution is -2.26. The molecule has 7 nitrogen and oxygen atoms in total. The molecule has 2 aromatic carbocycles. The summed E-state index contributed by atoms with van der Waals surface area (Å²) in [5, 5.41) is 0.848. The maximum absolute atomic E-state index is 13.1. The van der Waals surface area contributed by atoms with Crippen molar-refractivity contribution in [1.29, 1.82) is 0 Å². The van der Waals surface area contributed by atoms with E-state index in [0.717, 1.165) is 0 Å². The molecular weight excluding hydrogens is 416 g/mol. The number of esters is 1. The average molecular weight is 441 g/mol. The van der Waals surface area contributed by atoms with E-state index in [9.17, 15) is 14.4 Å². The number of nitrogens with zero attached hydrogens (tertiary/aromatic N) is 2. The van der Waals surface area contributed by atoms with Gasteiger partial charge < -0.3 is 9.47 Å². The lowest BCUT2D eigenvalue weighted by molar-refractivity contribution is 0.0600. The lowest BCUT2D eigenvalue weighted by atomic mass is 10.1. The summed E-state index contributed by atoms with van der Waals surface area (Å²) in [5.41, 5.74) is 1.03. The fourth-order valence-corrected chi connectivity index (χ4v) is 3.99. The van der Waals surface area contributed by atoms with Crippen LogP contribution in [0.2, 0.25) is 0 Å². The van der Waals surface area contributed by atoms with Crippen LogP contribution in [0.15, 0.2) is 52.4 Å². The third-order valence-electron chi connectivity index (χ3n) is 4.61. The van der Waals surface area contributed by atoms with E-state index in [4.69, 9.17) is 9.47 Å². The van der Waals surface area contributed by atoms with E-state index in [1.807, 2.05) is 13.8 Å². The second kappa shape index (κ2) is 9.78. The topological polar surface area (TPSA) is 87.5 Å². The summed E-state index contributed by atoms with van der Waals surface area (Å²) in [6, 6.07) is 11.6. The van der Waals surface area contributed by atoms with Crippen molar-refractivity contribution in [1.82, 2.24) is 9.55 Å². The van der Waals surface area contributed by atoms with Crippen LogP contribution in [0.3, 0.4) is 0 Å². The van der Waals surface area contributed by atoms with Gasteiger partial charge in [-0.15, -0.1) is 0 Å². The molecular formula is C23H24N2O5S. The van der Waals surface area contributed by atoms with Gasteiger partial charge in [0.2, 0.25) is 0 Å². The first-order chi connectivity index (χ1) is 14.8. The van der Waals surface area contributed by atoms with Crippen LogP contribution in [0.25, 0.3) is 10.9 Å². The Morgan fingerprint density at radius 1 is 1.10 bits per heavy atom. The fraction of sp³-hybridized carbons (Fsp3) is 0.304. The van der Waals surface area contributed by atoms with Gasteiger partial charge in [-0.1, -0.05) is 37.7 Å². The van der Waals surface area contributed by atoms with Gasteiger partial charge in [0.25, 0.3) is 5.56 Å². The molecule has 1 aromatic heterocycles. The van der Waals surface area contributed by atoms with E-state index in [-0.39, 0.29) is 23.0 Å². The standard InChI is InChI=1S/C23H24N2O5S/c1-14(2)12-25-21(27)18-9-8-16(22(28)30-4)11-19(18)24-23(25)31-13-20(26)15-6-5-7-17(10-15)29-3/h5-11,14H,12-13H2,1-4H3. The van der Waals surface area contributed by atoms with Crippen LogP contribution < -0.4 is 10.3 Å². The van der Waals surface area contributed by atoms with E-state index in [0.29, 0.717) is 39.5 Å². The van der Waals surface area contributed by atoms with Crippen LogP contribution in [0.5, 0.6) is 5.75 Å². The number of hydrogen-bond acceptors (Lipinski definition) is 7. The predicted octanol–water partition coefficient (Wildman–Crippen LogP) is 3.82. The summed E-state index contributed by atoms with van der Waals surface area (Å²) in [6.07, 6.45) is 0. The zero-order valence-corrected chi connectivity index (χ0v) is 18.7. The minimum absolute atomic E-state index is 0.0994. The van der Waals surface area contributed by atoms with Crippen molar-refractivity contribution in [3.05, 3.63) is 63.9 Å². The monoisotopic (exact) mass is 440 g/mol. The Kier molecular flexibility index (Phi) is 7.12. The van der Waals surface area contributed by atoms with Gasteiger partial charge in [0.15, 0.2) is 10.9 Å². The van der Waals surface area contributed by atoms with Crippen molar-refractivity contribution in [3.63, 3.8) is 0 Å². The highest BCUT2D eigenvalue weighted by Gasteiger charge is 2.17. The molecule has 0 aliphatic heterocycles. The molecule has 0 unspecified atom stereocenters. The maximum atomic E-state index is 13.1. The third-order valence-corrected chi connectivity index (χ3v) is 5.59. The minimum atomic E-state index is -0.502. The molecule has 0 radical (unpaired) electrons. The van der Waals surface area contributed by atoms with E-state index >= 15 is 0 Å². The molecule has 162 valence electrons. The molecule has 0 amide bonds. The number of carbonyl (C=O) groups is 2. The van der Waals surface area contributed by atoms with E-state index < -0.39 is 5.97 Å². The summed E-state index contributed by atoms with van der Waals surface area (Å²) in [6.45, 7) is 4.48. The van der Waals surface area contributed by atoms with Crippen molar-refractivity contribution in [2.75, 3.05) is 20.0 Å². The number of fused-ring (bicyclic) bond motifs is 1. The molecule has 0 spiro atoms. The Hall–Kier alpha value is -3.13. The molecule has 0 aliphatic rings. The van der Waals surface area contributed by atoms with Crippen LogP contribution in [0.1, 0.15) is 34.6 Å². The Labute approximate surface area is 184 Å². The highest BCUT2D eigenvalue weighted by atomic mass is 32.2. The highest BCUT2D eigenvalue weighted by molar-refractivity contribution is 7.99. The zero-order chi connectivity index (χ0) is 22.5. The van der Waals surface area contributed by atoms with Crippen molar-refractivity contribution in [2.45, 2.75) is 25.5 Å². The minimum Gasteiger partial charge on any atom is -0.497 e. The summed E-state index contributed by atoms with van der Waals surface area (Å²) in [5.74, 6) is 0.321. The molecule has 1 heterocycles. The Bertz CT molecular complexity index is 1190. The van der Waals surface area contributed by atoms with E-state index in [1.54, 1.807) is 48.1 Å². The number of rotatable bonds is 8. The molecule has 0 N–H and O–H groups in total. The van der Waals surface area contributed by atoms with Gasteiger partial charge >= 0.3 is 5.97 Å². The zero-order valence-electron chi connectivity index (χ0n) is 17.9. The first-order valence-corrected chi connectivity index (χ1v) is 10.8. The van der Waals surface area contributed by atoms with E-state index in [1.165, 1.54) is 24.9 Å². The molecule has 0 saturated heterocycles. The number of ether oxygens (including phenoxy) is 2. The second-order valence-electron chi connectivity index (χ2n) is 7.37. The fourth-order valence-electron chi connectivity index (χ4n) is 3.09. The van der Waals surface area contributed by atoms with Gasteiger partial charge in [-0.2, -0.15) is 0 Å². The lowest BCUT2D eigenvalue weighted by Gasteiger charge is -2.15. The Morgan fingerprint density at radius 3 is 2.55 bits per heavy atom. The highest BCUT2D eigenvalue weighted by Crippen LogP contribution is 2.22. The number of aromatic nitrogens is 2. The summed E-state index contributed by atoms with van der Waals surface area (Å²) in [7, 11) is 2.84. The van der Waals surface area contributed by atoms with Crippen LogP contribution in [-0.4, -0.2) is 41.3 Å². The maximum Gasteiger partial charge on any atom is 0.337 e. The molecule has 31 heavy (non-hydrogen) atoms. The van der Waals surface area contributed by atoms with Crippen LogP contribution in [0, 0.1) is 5.92 Å². The molecule has 3 aromatic rings. The number of hydrogen-bond donors (Lipinski definition) is 0. The van der Waals surface area contributed by atoms with E-state index in [2.05, 4.69) is 4.98 Å². The molecule has 8 heteroatoms. The van der Waals surface area contributed by atoms with Gasteiger partial charge in [-0.3, -0.25) is 14.2 Å². The summed E-state index contributed by atoms with van der Waals surface area (Å²) in [4.78, 5) is 42.3. The molecule has 0 aliphatic carbocycles. The van der Waals surface area contributed by atoms with Crippen LogP contribution in [-0.2, 0) is 11.3 Å². The van der Waals surface area contributed by atoms with Crippen LogP contribution >= 0.6 is 11.8 Å². The van der Waals surface area contributed by atoms with Crippen molar-refractivity contribution in [2.24, 2.45) is 5.92 Å². The number of Topliss-reactive ketones (excluding diaryl/α,β-unsaturated/α-hetero) is 1. The Balaban J connectivity index is 1.98. The van der Waals surface area contributed by atoms with Crippen molar-refractivity contribution < 1.29 is 19.1 Å². The number of thioether (sulfide) groups is 1. The summed E-state index contributed by atoms with van der Waals surface area (Å²) >= 11 is 1.20. The first kappa shape index (κ1) is 22.6. The SMILES string of the molecule is COC(=O)c1ccc2c(=O)n(CC(C)C)c(SCC(=O)c3cccc(OC)c3)nc2c1. The molecule has 0 bridgehead atoms. The smallest absolute Gasteiger partial charge is 0.337 e. The average Bonchev–Trinajstić information content (AvgIpc) is 2.78. The number of benzene rings is 2. The van der Waals surface area contributed by atoms with Gasteiger partial charge in [0, 0.05) is 12.1 Å². The third kappa shape index (κ3) is 5.14. The molecule has 0 saturated carbocycles. The van der Waals surface area contributed by atoms with Crippen LogP contribution in [0.4, 0.5) is 0 Å². The van der Waals surface area contributed by atoms with Gasteiger partial charge in [-0.25, -0.2) is 9.78 Å². The summed E-state index contributed by atoms with van der Waals surface area (Å²) < 4.78 is 11.5. The largest absolute Gasteiger partial charge is 0.497 e. The predicted molar refractivity (Wildman–Crippen MR) is 120 cm³/mol. The normalized spacial score (nSPS) is 11.0. The molecule has 3 rings (SSSR count). The number of ketones is 1. The van der Waals surface area contributed by atoms with Gasteiger partial charge in [0.05, 0.1) is 36.4 Å².